The van der Waals surface area contributed by atoms with Gasteiger partial charge in [-0.25, -0.2) is 0 Å². The van der Waals surface area contributed by atoms with Crippen molar-refractivity contribution >= 4 is 17.3 Å². The van der Waals surface area contributed by atoms with E-state index in [0.29, 0.717) is 23.7 Å². The molecule has 0 fully saturated rings. The zero-order valence-corrected chi connectivity index (χ0v) is 15.9. The molecule has 1 N–H and O–H groups in total. The second-order valence-corrected chi connectivity index (χ2v) is 6.78. The summed E-state index contributed by atoms with van der Waals surface area (Å²) in [4.78, 5) is 15.3. The first-order chi connectivity index (χ1) is 14.3. The standard InChI is InChI=1S/C23H20N2O4/c1-2-27-19-10-6-4-8-17(19)22-24-18-9-5-3-7-16(18)23(26)25(22)15-11-12-20-21(13-15)29-14-28-20/h3-13,22,24H,2,14H2,1H3/t22-/m0/s1. The van der Waals surface area contributed by atoms with Gasteiger partial charge in [-0.1, -0.05) is 30.3 Å². The second-order valence-electron chi connectivity index (χ2n) is 6.78. The molecule has 1 atom stereocenters. The molecule has 29 heavy (non-hydrogen) atoms. The molecule has 1 amide bonds. The van der Waals surface area contributed by atoms with Gasteiger partial charge in [-0.3, -0.25) is 9.69 Å². The van der Waals surface area contributed by atoms with Crippen LogP contribution >= 0.6 is 0 Å². The van der Waals surface area contributed by atoms with Gasteiger partial charge in [-0.2, -0.15) is 0 Å². The molecule has 0 saturated heterocycles. The molecule has 5 rings (SSSR count). The van der Waals surface area contributed by atoms with Gasteiger partial charge in [0, 0.05) is 17.3 Å². The van der Waals surface area contributed by atoms with Crippen molar-refractivity contribution in [2.24, 2.45) is 0 Å². The van der Waals surface area contributed by atoms with Crippen LogP contribution in [-0.4, -0.2) is 19.3 Å². The number of carbonyl (C=O) groups is 1. The van der Waals surface area contributed by atoms with E-state index in [0.717, 1.165) is 22.7 Å². The summed E-state index contributed by atoms with van der Waals surface area (Å²) in [6.07, 6.45) is -0.430. The van der Waals surface area contributed by atoms with E-state index in [9.17, 15) is 4.79 Å². The van der Waals surface area contributed by atoms with Gasteiger partial charge in [0.1, 0.15) is 11.9 Å². The fourth-order valence-electron chi connectivity index (χ4n) is 3.77. The summed E-state index contributed by atoms with van der Waals surface area (Å²) in [6.45, 7) is 2.67. The Bertz CT molecular complexity index is 1080. The summed E-state index contributed by atoms with van der Waals surface area (Å²) < 4.78 is 16.8. The zero-order valence-electron chi connectivity index (χ0n) is 15.9. The Balaban J connectivity index is 1.66. The first-order valence-electron chi connectivity index (χ1n) is 9.57. The van der Waals surface area contributed by atoms with Crippen molar-refractivity contribution in [2.75, 3.05) is 23.6 Å². The second kappa shape index (κ2) is 7.05. The van der Waals surface area contributed by atoms with Crippen LogP contribution in [0.25, 0.3) is 0 Å². The number of anilines is 2. The lowest BCUT2D eigenvalue weighted by molar-refractivity contribution is 0.0974. The third-order valence-electron chi connectivity index (χ3n) is 5.07. The lowest BCUT2D eigenvalue weighted by Crippen LogP contribution is -2.43. The predicted molar refractivity (Wildman–Crippen MR) is 110 cm³/mol. The number of hydrogen-bond acceptors (Lipinski definition) is 5. The minimum absolute atomic E-state index is 0.0884. The highest BCUT2D eigenvalue weighted by molar-refractivity contribution is 6.12. The van der Waals surface area contributed by atoms with Crippen molar-refractivity contribution in [2.45, 2.75) is 13.1 Å². The van der Waals surface area contributed by atoms with Crippen LogP contribution < -0.4 is 24.4 Å². The Morgan fingerprint density at radius 3 is 2.72 bits per heavy atom. The predicted octanol–water partition coefficient (Wildman–Crippen LogP) is 4.59. The van der Waals surface area contributed by atoms with Gasteiger partial charge in [-0.15, -0.1) is 0 Å². The average molecular weight is 388 g/mol. The van der Waals surface area contributed by atoms with Crippen LogP contribution in [0.1, 0.15) is 29.0 Å². The van der Waals surface area contributed by atoms with Gasteiger partial charge in [0.15, 0.2) is 11.5 Å². The van der Waals surface area contributed by atoms with E-state index in [1.807, 2.05) is 73.7 Å². The first-order valence-corrected chi connectivity index (χ1v) is 9.57. The summed E-state index contributed by atoms with van der Waals surface area (Å²) in [5.74, 6) is 1.96. The van der Waals surface area contributed by atoms with Crippen LogP contribution in [0, 0.1) is 0 Å². The van der Waals surface area contributed by atoms with Gasteiger partial charge < -0.3 is 19.5 Å². The largest absolute Gasteiger partial charge is 0.493 e. The number of amides is 1. The summed E-state index contributed by atoms with van der Waals surface area (Å²) in [5, 5.41) is 3.51. The maximum absolute atomic E-state index is 13.5. The molecule has 6 heteroatoms. The Morgan fingerprint density at radius 2 is 1.83 bits per heavy atom. The molecule has 146 valence electrons. The van der Waals surface area contributed by atoms with Gasteiger partial charge >= 0.3 is 0 Å². The molecule has 0 aromatic heterocycles. The molecular formula is C23H20N2O4. The molecule has 3 aromatic carbocycles. The van der Waals surface area contributed by atoms with E-state index in [4.69, 9.17) is 14.2 Å². The highest BCUT2D eigenvalue weighted by Crippen LogP contribution is 2.42. The molecule has 0 aliphatic carbocycles. The summed E-state index contributed by atoms with van der Waals surface area (Å²) in [7, 11) is 0. The van der Waals surface area contributed by atoms with Crippen LogP contribution in [-0.2, 0) is 0 Å². The van der Waals surface area contributed by atoms with Crippen molar-refractivity contribution in [3.8, 4) is 17.2 Å². The fourth-order valence-corrected chi connectivity index (χ4v) is 3.77. The van der Waals surface area contributed by atoms with Gasteiger partial charge in [0.25, 0.3) is 5.91 Å². The van der Waals surface area contributed by atoms with Crippen LogP contribution in [0.15, 0.2) is 66.7 Å². The van der Waals surface area contributed by atoms with E-state index in [-0.39, 0.29) is 12.7 Å². The smallest absolute Gasteiger partial charge is 0.262 e. The van der Waals surface area contributed by atoms with Crippen molar-refractivity contribution in [3.05, 3.63) is 77.9 Å². The molecule has 0 spiro atoms. The van der Waals surface area contributed by atoms with Crippen molar-refractivity contribution in [1.29, 1.82) is 0 Å². The van der Waals surface area contributed by atoms with Crippen LogP contribution in [0.3, 0.4) is 0 Å². The van der Waals surface area contributed by atoms with Crippen molar-refractivity contribution in [3.63, 3.8) is 0 Å². The number of nitrogens with zero attached hydrogens (tertiary/aromatic N) is 1. The molecule has 0 radical (unpaired) electrons. The third-order valence-corrected chi connectivity index (χ3v) is 5.07. The molecule has 0 bridgehead atoms. The quantitative estimate of drug-likeness (QED) is 0.709. The number of carbonyl (C=O) groups excluding carboxylic acids is 1. The number of para-hydroxylation sites is 2. The first kappa shape index (κ1) is 17.4. The normalized spacial score (nSPS) is 16.9. The van der Waals surface area contributed by atoms with E-state index >= 15 is 0 Å². The monoisotopic (exact) mass is 388 g/mol. The van der Waals surface area contributed by atoms with Gasteiger partial charge in [0.05, 0.1) is 17.9 Å². The Hall–Kier alpha value is -3.67. The number of rotatable bonds is 4. The highest BCUT2D eigenvalue weighted by Gasteiger charge is 2.36. The topological polar surface area (TPSA) is 60.0 Å². The SMILES string of the molecule is CCOc1ccccc1[C@H]1Nc2ccccc2C(=O)N1c1ccc2c(c1)OCO2. The molecule has 0 saturated carbocycles. The van der Waals surface area contributed by atoms with Gasteiger partial charge in [0.2, 0.25) is 6.79 Å². The number of fused-ring (bicyclic) bond motifs is 2. The molecule has 6 nitrogen and oxygen atoms in total. The lowest BCUT2D eigenvalue weighted by atomic mass is 10.0. The van der Waals surface area contributed by atoms with E-state index in [1.54, 1.807) is 4.90 Å². The molecule has 0 unspecified atom stereocenters. The molecule has 2 aliphatic heterocycles. The molecule has 2 aliphatic rings. The molecule has 3 aromatic rings. The minimum atomic E-state index is -0.430. The molecule has 2 heterocycles. The van der Waals surface area contributed by atoms with Crippen LogP contribution in [0.2, 0.25) is 0 Å². The number of ether oxygens (including phenoxy) is 3. The maximum atomic E-state index is 13.5. The minimum Gasteiger partial charge on any atom is -0.493 e. The Morgan fingerprint density at radius 1 is 1.03 bits per heavy atom. The van der Waals surface area contributed by atoms with Crippen molar-refractivity contribution < 1.29 is 19.0 Å². The zero-order chi connectivity index (χ0) is 19.8. The molecular weight excluding hydrogens is 368 g/mol. The van der Waals surface area contributed by atoms with E-state index in [1.165, 1.54) is 0 Å². The number of benzene rings is 3. The average Bonchev–Trinajstić information content (AvgIpc) is 3.22. The highest BCUT2D eigenvalue weighted by atomic mass is 16.7. The van der Waals surface area contributed by atoms with Gasteiger partial charge in [-0.05, 0) is 37.3 Å². The van der Waals surface area contributed by atoms with E-state index in [2.05, 4.69) is 5.32 Å². The summed E-state index contributed by atoms with van der Waals surface area (Å²) in [5.41, 5.74) is 3.02. The Labute approximate surface area is 168 Å². The summed E-state index contributed by atoms with van der Waals surface area (Å²) in [6, 6.07) is 20.8. The van der Waals surface area contributed by atoms with Crippen LogP contribution in [0.4, 0.5) is 11.4 Å². The number of hydrogen-bond donors (Lipinski definition) is 1. The lowest BCUT2D eigenvalue weighted by Gasteiger charge is -2.38. The number of nitrogens with one attached hydrogen (secondary N) is 1. The summed E-state index contributed by atoms with van der Waals surface area (Å²) >= 11 is 0. The maximum Gasteiger partial charge on any atom is 0.262 e. The third kappa shape index (κ3) is 2.93. The van der Waals surface area contributed by atoms with Crippen molar-refractivity contribution in [1.82, 2.24) is 0 Å². The fraction of sp³-hybridized carbons (Fsp3) is 0.174. The van der Waals surface area contributed by atoms with E-state index < -0.39 is 6.17 Å². The van der Waals surface area contributed by atoms with Crippen LogP contribution in [0.5, 0.6) is 17.2 Å². The Kier molecular flexibility index (Phi) is 4.24.